The topological polar surface area (TPSA) is 79.7 Å². The van der Waals surface area contributed by atoms with Gasteiger partial charge in [0.15, 0.2) is 5.78 Å². The van der Waals surface area contributed by atoms with Crippen LogP contribution in [0, 0.1) is 5.92 Å². The normalized spacial score (nSPS) is 25.4. The number of carbonyl (C=O) groups excluding carboxylic acids is 1. The summed E-state index contributed by atoms with van der Waals surface area (Å²) in [5.74, 6) is -0.255. The van der Waals surface area contributed by atoms with Crippen LogP contribution in [0.15, 0.2) is 10.9 Å². The number of alkyl halides is 3. The number of morpholine rings is 1. The number of hydrogen-bond acceptors (Lipinski definition) is 7. The Kier molecular flexibility index (Phi) is 6.25. The monoisotopic (exact) mass is 443 g/mol. The summed E-state index contributed by atoms with van der Waals surface area (Å²) in [6, 6.07) is -0.538. The lowest BCUT2D eigenvalue weighted by atomic mass is 9.93. The van der Waals surface area contributed by atoms with Crippen molar-refractivity contribution in [1.82, 2.24) is 14.9 Å². The lowest BCUT2D eigenvalue weighted by Gasteiger charge is -2.40. The van der Waals surface area contributed by atoms with Gasteiger partial charge in [-0.3, -0.25) is 14.2 Å². The molecule has 2 saturated heterocycles. The molecule has 0 radical (unpaired) electrons. The van der Waals surface area contributed by atoms with Crippen LogP contribution in [-0.2, 0) is 16.1 Å². The third-order valence-electron chi connectivity index (χ3n) is 6.39. The van der Waals surface area contributed by atoms with Crippen LogP contribution in [0.1, 0.15) is 26.2 Å². The molecule has 0 amide bonds. The molecule has 2 unspecified atom stereocenters. The Hall–Kier alpha value is -2.14. The van der Waals surface area contributed by atoms with E-state index in [0.717, 1.165) is 4.90 Å². The molecule has 0 aliphatic carbocycles. The third-order valence-corrected chi connectivity index (χ3v) is 6.39. The van der Waals surface area contributed by atoms with Crippen molar-refractivity contribution >= 4 is 17.5 Å². The molecule has 11 heteroatoms. The van der Waals surface area contributed by atoms with Gasteiger partial charge in [-0.15, -0.1) is 0 Å². The minimum atomic E-state index is -4.53. The van der Waals surface area contributed by atoms with Gasteiger partial charge in [0.25, 0.3) is 5.56 Å². The fraction of sp³-hybridized carbons (Fsp3) is 0.750. The molecule has 2 fully saturated rings. The van der Waals surface area contributed by atoms with E-state index in [1.807, 2.05) is 11.8 Å². The summed E-state index contributed by atoms with van der Waals surface area (Å²) in [5, 5.41) is 3.16. The molecule has 1 aromatic rings. The minimum absolute atomic E-state index is 0.0597. The smallest absolute Gasteiger partial charge is 0.377 e. The van der Waals surface area contributed by atoms with Crippen molar-refractivity contribution in [3.05, 3.63) is 16.4 Å². The van der Waals surface area contributed by atoms with Crippen LogP contribution >= 0.6 is 0 Å². The molecule has 31 heavy (non-hydrogen) atoms. The molecule has 0 spiro atoms. The maximum Gasteiger partial charge on any atom is 0.408 e. The fourth-order valence-electron chi connectivity index (χ4n) is 4.63. The van der Waals surface area contributed by atoms with Gasteiger partial charge in [-0.25, -0.2) is 0 Å². The van der Waals surface area contributed by atoms with Gasteiger partial charge >= 0.3 is 6.18 Å². The van der Waals surface area contributed by atoms with Gasteiger partial charge in [0.05, 0.1) is 25.8 Å². The number of nitrogens with zero attached hydrogens (tertiary/aromatic N) is 4. The molecule has 0 bridgehead atoms. The van der Waals surface area contributed by atoms with Crippen LogP contribution in [0.4, 0.5) is 24.9 Å². The summed E-state index contributed by atoms with van der Waals surface area (Å²) in [6.45, 7) is 4.17. The molecule has 1 aromatic heterocycles. The lowest BCUT2D eigenvalue weighted by molar-refractivity contribution is -0.153. The number of Topliss-reactive ketones (excluding diaryl/α,β-unsaturated/α-hetero) is 1. The van der Waals surface area contributed by atoms with Gasteiger partial charge in [0, 0.05) is 25.1 Å². The van der Waals surface area contributed by atoms with E-state index in [1.165, 1.54) is 10.6 Å². The number of halogens is 3. The molecule has 2 atom stereocenters. The summed E-state index contributed by atoms with van der Waals surface area (Å²) >= 11 is 0. The standard InChI is InChI=1S/C20H28F3N5O3/c1-13-12-31-9-8-26(13)17-10-18(30)27-7-4-16(20(21,22)23)28(19(27)25-17)11-15(29)14-2-5-24-6-3-14/h10,13-14,16,24H,2-9,11-12H2,1H3. The average molecular weight is 443 g/mol. The Morgan fingerprint density at radius 2 is 2.00 bits per heavy atom. The second-order valence-electron chi connectivity index (χ2n) is 8.49. The molecule has 0 aromatic carbocycles. The van der Waals surface area contributed by atoms with Crippen molar-refractivity contribution in [2.24, 2.45) is 5.92 Å². The summed E-state index contributed by atoms with van der Waals surface area (Å²) in [6.07, 6.45) is -3.60. The van der Waals surface area contributed by atoms with Gasteiger partial charge < -0.3 is 19.9 Å². The summed E-state index contributed by atoms with van der Waals surface area (Å²) in [7, 11) is 0. The summed E-state index contributed by atoms with van der Waals surface area (Å²) in [4.78, 5) is 33.0. The highest BCUT2D eigenvalue weighted by atomic mass is 19.4. The first-order chi connectivity index (χ1) is 14.8. The third kappa shape index (κ3) is 4.57. The molecule has 4 heterocycles. The van der Waals surface area contributed by atoms with Gasteiger partial charge in [0.1, 0.15) is 11.9 Å². The van der Waals surface area contributed by atoms with Gasteiger partial charge in [-0.2, -0.15) is 18.2 Å². The first-order valence-corrected chi connectivity index (χ1v) is 10.8. The number of anilines is 2. The van der Waals surface area contributed by atoms with Crippen molar-refractivity contribution in [1.29, 1.82) is 0 Å². The van der Waals surface area contributed by atoms with E-state index in [2.05, 4.69) is 10.3 Å². The highest BCUT2D eigenvalue weighted by Gasteiger charge is 2.47. The maximum atomic E-state index is 13.9. The predicted octanol–water partition coefficient (Wildman–Crippen LogP) is 1.18. The molecule has 0 saturated carbocycles. The average Bonchev–Trinajstić information content (AvgIpc) is 2.74. The van der Waals surface area contributed by atoms with Gasteiger partial charge in [-0.05, 0) is 39.3 Å². The van der Waals surface area contributed by atoms with Crippen molar-refractivity contribution in [2.75, 3.05) is 49.2 Å². The zero-order valence-corrected chi connectivity index (χ0v) is 17.5. The summed E-state index contributed by atoms with van der Waals surface area (Å²) in [5.41, 5.74) is -0.404. The zero-order chi connectivity index (χ0) is 22.2. The Bertz CT molecular complexity index is 869. The fourth-order valence-corrected chi connectivity index (χ4v) is 4.63. The van der Waals surface area contributed by atoms with Gasteiger partial charge in [0.2, 0.25) is 5.95 Å². The largest absolute Gasteiger partial charge is 0.408 e. The molecule has 4 rings (SSSR count). The number of aromatic nitrogens is 2. The molecular formula is C20H28F3N5O3. The van der Waals surface area contributed by atoms with Crippen LogP contribution < -0.4 is 20.7 Å². The SMILES string of the molecule is CC1COCCN1c1cc(=O)n2c(n1)N(CC(=O)C1CCNCC1)C(C(F)(F)F)CC2. The van der Waals surface area contributed by atoms with Crippen molar-refractivity contribution in [2.45, 2.75) is 51.0 Å². The predicted molar refractivity (Wildman–Crippen MR) is 109 cm³/mol. The first kappa shape index (κ1) is 22.1. The first-order valence-electron chi connectivity index (χ1n) is 10.8. The van der Waals surface area contributed by atoms with E-state index in [1.54, 1.807) is 0 Å². The van der Waals surface area contributed by atoms with E-state index in [0.29, 0.717) is 51.5 Å². The van der Waals surface area contributed by atoms with Crippen molar-refractivity contribution in [3.63, 3.8) is 0 Å². The second kappa shape index (κ2) is 8.78. The van der Waals surface area contributed by atoms with Crippen LogP contribution in [0.5, 0.6) is 0 Å². The van der Waals surface area contributed by atoms with Crippen molar-refractivity contribution < 1.29 is 22.7 Å². The quantitative estimate of drug-likeness (QED) is 0.749. The number of fused-ring (bicyclic) bond motifs is 1. The minimum Gasteiger partial charge on any atom is -0.377 e. The number of piperidine rings is 1. The van der Waals surface area contributed by atoms with E-state index in [4.69, 9.17) is 4.74 Å². The van der Waals surface area contributed by atoms with Crippen molar-refractivity contribution in [3.8, 4) is 0 Å². The number of ketones is 1. The molecule has 3 aliphatic heterocycles. The van der Waals surface area contributed by atoms with E-state index >= 15 is 0 Å². The van der Waals surface area contributed by atoms with E-state index < -0.39 is 24.3 Å². The molecule has 3 aliphatic rings. The van der Waals surface area contributed by atoms with Crippen LogP contribution in [0.3, 0.4) is 0 Å². The molecule has 172 valence electrons. The molecule has 1 N–H and O–H groups in total. The highest BCUT2D eigenvalue weighted by Crippen LogP contribution is 2.35. The lowest BCUT2D eigenvalue weighted by Crippen LogP contribution is -2.55. The molecular weight excluding hydrogens is 415 g/mol. The zero-order valence-electron chi connectivity index (χ0n) is 17.5. The Morgan fingerprint density at radius 3 is 2.68 bits per heavy atom. The summed E-state index contributed by atoms with van der Waals surface area (Å²) < 4.78 is 48.3. The van der Waals surface area contributed by atoms with Crippen LogP contribution in [-0.4, -0.2) is 73.0 Å². The maximum absolute atomic E-state index is 13.9. The number of hydrogen-bond donors (Lipinski definition) is 1. The number of rotatable bonds is 4. The molecule has 8 nitrogen and oxygen atoms in total. The number of nitrogens with one attached hydrogen (secondary N) is 1. The van der Waals surface area contributed by atoms with Crippen LogP contribution in [0.2, 0.25) is 0 Å². The van der Waals surface area contributed by atoms with E-state index in [9.17, 15) is 22.8 Å². The van der Waals surface area contributed by atoms with Gasteiger partial charge in [-0.1, -0.05) is 0 Å². The Morgan fingerprint density at radius 1 is 1.26 bits per heavy atom. The Balaban J connectivity index is 1.70. The number of ether oxygens (including phenoxy) is 1. The van der Waals surface area contributed by atoms with Crippen LogP contribution in [0.25, 0.3) is 0 Å². The number of carbonyl (C=O) groups is 1. The highest BCUT2D eigenvalue weighted by molar-refractivity contribution is 5.85. The second-order valence-corrected chi connectivity index (χ2v) is 8.49. The Labute approximate surface area is 178 Å². The van der Waals surface area contributed by atoms with E-state index in [-0.39, 0.29) is 36.7 Å².